The molecule has 2 aromatic rings. The quantitative estimate of drug-likeness (QED) is 0.636. The Balaban J connectivity index is 1.86. The van der Waals surface area contributed by atoms with Crippen LogP contribution in [0.4, 0.5) is 0 Å². The van der Waals surface area contributed by atoms with Crippen LogP contribution in [0, 0.1) is 0 Å². The van der Waals surface area contributed by atoms with Gasteiger partial charge in [0.25, 0.3) is 5.91 Å². The van der Waals surface area contributed by atoms with Gasteiger partial charge in [0, 0.05) is 18.1 Å². The van der Waals surface area contributed by atoms with Gasteiger partial charge in [0.2, 0.25) is 0 Å². The number of imidazole rings is 1. The summed E-state index contributed by atoms with van der Waals surface area (Å²) in [5.41, 5.74) is 2.39. The fourth-order valence-corrected chi connectivity index (χ4v) is 2.01. The molecule has 0 bridgehead atoms. The second-order valence-electron chi connectivity index (χ2n) is 4.03. The summed E-state index contributed by atoms with van der Waals surface area (Å²) in [5, 5.41) is 5.67. The van der Waals surface area contributed by atoms with E-state index < -0.39 is 0 Å². The lowest BCUT2D eigenvalue weighted by Crippen LogP contribution is -2.21. The first-order valence-corrected chi connectivity index (χ1v) is 6.05. The van der Waals surface area contributed by atoms with Gasteiger partial charge >= 0.3 is 0 Å². The van der Waals surface area contributed by atoms with Gasteiger partial charge in [-0.05, 0) is 36.0 Å². The van der Waals surface area contributed by atoms with Gasteiger partial charge in [0.1, 0.15) is 5.70 Å². The number of hydrogen-bond donors (Lipinski definition) is 2. The number of amides is 1. The minimum atomic E-state index is -0.205. The highest BCUT2D eigenvalue weighted by molar-refractivity contribution is 7.80. The van der Waals surface area contributed by atoms with E-state index in [9.17, 15) is 4.79 Å². The van der Waals surface area contributed by atoms with Crippen LogP contribution in [-0.4, -0.2) is 20.6 Å². The predicted molar refractivity (Wildman–Crippen MR) is 75.4 cm³/mol. The lowest BCUT2D eigenvalue weighted by Gasteiger charge is -2.02. The molecule has 1 aliphatic rings. The molecule has 0 saturated carbocycles. The van der Waals surface area contributed by atoms with Crippen molar-refractivity contribution in [2.24, 2.45) is 0 Å². The molecule has 1 aromatic carbocycles. The van der Waals surface area contributed by atoms with Crippen LogP contribution >= 0.6 is 12.2 Å². The number of nitrogens with zero attached hydrogens (tertiary/aromatic N) is 2. The second kappa shape index (κ2) is 4.66. The maximum Gasteiger partial charge on any atom is 0.273 e. The number of aromatic nitrogens is 2. The van der Waals surface area contributed by atoms with Gasteiger partial charge in [-0.3, -0.25) is 10.1 Å². The summed E-state index contributed by atoms with van der Waals surface area (Å²) in [5.74, 6) is -0.205. The smallest absolute Gasteiger partial charge is 0.273 e. The first-order chi connectivity index (χ1) is 9.22. The summed E-state index contributed by atoms with van der Waals surface area (Å²) >= 11 is 4.87. The molecule has 2 heterocycles. The summed E-state index contributed by atoms with van der Waals surface area (Å²) in [7, 11) is 0. The number of benzene rings is 1. The number of nitrogens with one attached hydrogen (secondary N) is 2. The zero-order valence-corrected chi connectivity index (χ0v) is 10.6. The average Bonchev–Trinajstić information content (AvgIpc) is 3.01. The molecule has 0 aliphatic carbocycles. The molecule has 5 nitrogen and oxygen atoms in total. The third kappa shape index (κ3) is 2.38. The summed E-state index contributed by atoms with van der Waals surface area (Å²) in [6, 6.07) is 7.77. The van der Waals surface area contributed by atoms with Gasteiger partial charge in [-0.15, -0.1) is 0 Å². The number of thiocarbonyl (C=S) groups is 1. The molecule has 0 unspecified atom stereocenters. The standard InChI is InChI=1S/C13H10N4OS/c18-12-11(15-13(19)16-12)7-9-1-3-10(4-2-9)17-6-5-14-8-17/h1-8H,(H2,15,16,18,19). The van der Waals surface area contributed by atoms with E-state index in [0.29, 0.717) is 10.8 Å². The van der Waals surface area contributed by atoms with E-state index in [0.717, 1.165) is 11.3 Å². The van der Waals surface area contributed by atoms with Crippen molar-refractivity contribution in [1.29, 1.82) is 0 Å². The van der Waals surface area contributed by atoms with E-state index in [4.69, 9.17) is 12.2 Å². The Labute approximate surface area is 115 Å². The SMILES string of the molecule is O=C1NC(=S)NC1=Cc1ccc(-n2ccnc2)cc1. The third-order valence-electron chi connectivity index (χ3n) is 2.73. The fourth-order valence-electron chi connectivity index (χ4n) is 1.80. The van der Waals surface area contributed by atoms with Crippen molar-refractivity contribution < 1.29 is 4.79 Å². The van der Waals surface area contributed by atoms with Crippen LogP contribution in [-0.2, 0) is 4.79 Å². The topological polar surface area (TPSA) is 59.0 Å². The van der Waals surface area contributed by atoms with Gasteiger partial charge in [-0.1, -0.05) is 12.1 Å². The van der Waals surface area contributed by atoms with Crippen LogP contribution in [0.25, 0.3) is 11.8 Å². The van der Waals surface area contributed by atoms with E-state index in [2.05, 4.69) is 15.6 Å². The van der Waals surface area contributed by atoms with Crippen molar-refractivity contribution in [3.05, 3.63) is 54.2 Å². The normalized spacial score (nSPS) is 16.5. The second-order valence-corrected chi connectivity index (χ2v) is 4.44. The van der Waals surface area contributed by atoms with Crippen molar-refractivity contribution in [1.82, 2.24) is 20.2 Å². The van der Waals surface area contributed by atoms with Crippen molar-refractivity contribution in [3.63, 3.8) is 0 Å². The maximum atomic E-state index is 11.5. The maximum absolute atomic E-state index is 11.5. The molecule has 1 aliphatic heterocycles. The molecule has 6 heteroatoms. The minimum absolute atomic E-state index is 0.205. The Kier molecular flexibility index (Phi) is 2.85. The molecule has 1 aromatic heterocycles. The molecular formula is C13H10N4OS. The number of carbonyl (C=O) groups is 1. The van der Waals surface area contributed by atoms with E-state index in [1.165, 1.54) is 0 Å². The first kappa shape index (κ1) is 11.6. The average molecular weight is 270 g/mol. The van der Waals surface area contributed by atoms with Gasteiger partial charge in [-0.2, -0.15) is 0 Å². The van der Waals surface area contributed by atoms with Crippen LogP contribution in [0.3, 0.4) is 0 Å². The summed E-state index contributed by atoms with van der Waals surface area (Å²) < 4.78 is 1.91. The van der Waals surface area contributed by atoms with Crippen molar-refractivity contribution in [2.75, 3.05) is 0 Å². The highest BCUT2D eigenvalue weighted by Crippen LogP contribution is 2.12. The van der Waals surface area contributed by atoms with Crippen LogP contribution in [0.5, 0.6) is 0 Å². The molecule has 1 amide bonds. The van der Waals surface area contributed by atoms with E-state index in [1.54, 1.807) is 18.6 Å². The van der Waals surface area contributed by atoms with Crippen LogP contribution in [0.2, 0.25) is 0 Å². The molecule has 1 saturated heterocycles. The van der Waals surface area contributed by atoms with Crippen LogP contribution in [0.15, 0.2) is 48.7 Å². The van der Waals surface area contributed by atoms with Crippen molar-refractivity contribution in [2.45, 2.75) is 0 Å². The predicted octanol–water partition coefficient (Wildman–Crippen LogP) is 1.22. The lowest BCUT2D eigenvalue weighted by atomic mass is 10.1. The molecule has 1 fully saturated rings. The van der Waals surface area contributed by atoms with E-state index in [-0.39, 0.29) is 5.91 Å². The Morgan fingerprint density at radius 1 is 1.21 bits per heavy atom. The highest BCUT2D eigenvalue weighted by atomic mass is 32.1. The van der Waals surface area contributed by atoms with Crippen LogP contribution < -0.4 is 10.6 Å². The minimum Gasteiger partial charge on any atom is -0.328 e. The summed E-state index contributed by atoms with van der Waals surface area (Å²) in [4.78, 5) is 15.5. The van der Waals surface area contributed by atoms with Gasteiger partial charge in [-0.25, -0.2) is 4.98 Å². The molecular weight excluding hydrogens is 260 g/mol. The molecule has 0 spiro atoms. The van der Waals surface area contributed by atoms with Gasteiger partial charge in [0.15, 0.2) is 5.11 Å². The molecule has 94 valence electrons. The Morgan fingerprint density at radius 2 is 2.00 bits per heavy atom. The Bertz CT molecular complexity index is 658. The third-order valence-corrected chi connectivity index (χ3v) is 2.93. The largest absolute Gasteiger partial charge is 0.328 e. The van der Waals surface area contributed by atoms with Crippen molar-refractivity contribution >= 4 is 29.3 Å². The number of carbonyl (C=O) groups excluding carboxylic acids is 1. The zero-order chi connectivity index (χ0) is 13.2. The molecule has 0 radical (unpaired) electrons. The Morgan fingerprint density at radius 3 is 2.58 bits per heavy atom. The number of hydrogen-bond acceptors (Lipinski definition) is 3. The van der Waals surface area contributed by atoms with Crippen LogP contribution in [0.1, 0.15) is 5.56 Å². The Hall–Kier alpha value is -2.47. The van der Waals surface area contributed by atoms with E-state index in [1.807, 2.05) is 35.0 Å². The lowest BCUT2D eigenvalue weighted by molar-refractivity contribution is -0.115. The highest BCUT2D eigenvalue weighted by Gasteiger charge is 2.19. The first-order valence-electron chi connectivity index (χ1n) is 5.65. The fraction of sp³-hybridized carbons (Fsp3) is 0. The molecule has 0 atom stereocenters. The summed E-state index contributed by atoms with van der Waals surface area (Å²) in [6.45, 7) is 0. The molecule has 3 rings (SSSR count). The number of rotatable bonds is 2. The monoisotopic (exact) mass is 270 g/mol. The summed E-state index contributed by atoms with van der Waals surface area (Å²) in [6.07, 6.45) is 7.09. The molecule has 19 heavy (non-hydrogen) atoms. The van der Waals surface area contributed by atoms with E-state index >= 15 is 0 Å². The zero-order valence-electron chi connectivity index (χ0n) is 9.83. The molecule has 2 N–H and O–H groups in total. The van der Waals surface area contributed by atoms with Gasteiger partial charge < -0.3 is 9.88 Å². The van der Waals surface area contributed by atoms with Crippen molar-refractivity contribution in [3.8, 4) is 5.69 Å². The van der Waals surface area contributed by atoms with Gasteiger partial charge in [0.05, 0.1) is 6.33 Å².